The number of hydrogen-bond donors (Lipinski definition) is 4. The van der Waals surface area contributed by atoms with Gasteiger partial charge in [-0.05, 0) is 35.4 Å². The number of phenols is 2. The molecule has 128 valence electrons. The van der Waals surface area contributed by atoms with Crippen LogP contribution in [0.25, 0.3) is 0 Å². The predicted molar refractivity (Wildman–Crippen MR) is 88.4 cm³/mol. The van der Waals surface area contributed by atoms with Gasteiger partial charge in [-0.3, -0.25) is 0 Å². The minimum atomic E-state index is -0.339. The highest BCUT2D eigenvalue weighted by Crippen LogP contribution is 2.27. The lowest BCUT2D eigenvalue weighted by Crippen LogP contribution is -2.34. The Morgan fingerprint density at radius 2 is 1.29 bits per heavy atom. The summed E-state index contributed by atoms with van der Waals surface area (Å²) in [5.74, 6) is 0.802. The van der Waals surface area contributed by atoms with Gasteiger partial charge in [-0.1, -0.05) is 12.1 Å². The fourth-order valence-electron chi connectivity index (χ4n) is 2.09. The average molecular weight is 332 g/mol. The van der Waals surface area contributed by atoms with Crippen molar-refractivity contribution in [3.8, 4) is 23.0 Å². The van der Waals surface area contributed by atoms with E-state index in [0.717, 1.165) is 11.1 Å². The topological polar surface area (TPSA) is 100 Å². The van der Waals surface area contributed by atoms with Crippen molar-refractivity contribution >= 4 is 6.03 Å². The van der Waals surface area contributed by atoms with Gasteiger partial charge in [-0.2, -0.15) is 0 Å². The number of methoxy groups -OCH3 is 2. The number of benzene rings is 2. The summed E-state index contributed by atoms with van der Waals surface area (Å²) in [4.78, 5) is 11.8. The zero-order chi connectivity index (χ0) is 17.5. The number of aromatic hydroxyl groups is 2. The lowest BCUT2D eigenvalue weighted by atomic mass is 10.2. The van der Waals surface area contributed by atoms with Crippen molar-refractivity contribution in [3.63, 3.8) is 0 Å². The van der Waals surface area contributed by atoms with Crippen LogP contribution >= 0.6 is 0 Å². The summed E-state index contributed by atoms with van der Waals surface area (Å²) in [7, 11) is 2.93. The second kappa shape index (κ2) is 7.96. The minimum Gasteiger partial charge on any atom is -0.504 e. The first kappa shape index (κ1) is 17.3. The largest absolute Gasteiger partial charge is 0.504 e. The minimum absolute atomic E-state index is 0.0481. The fourth-order valence-corrected chi connectivity index (χ4v) is 2.09. The molecule has 24 heavy (non-hydrogen) atoms. The molecule has 4 N–H and O–H groups in total. The predicted octanol–water partition coefficient (Wildman–Crippen LogP) is 2.11. The van der Waals surface area contributed by atoms with Gasteiger partial charge >= 0.3 is 6.03 Å². The molecular weight excluding hydrogens is 312 g/mol. The molecule has 2 aromatic rings. The molecule has 0 radical (unpaired) electrons. The molecular formula is C17H20N2O5. The van der Waals surface area contributed by atoms with E-state index in [2.05, 4.69) is 10.6 Å². The molecule has 0 fully saturated rings. The van der Waals surface area contributed by atoms with Crippen LogP contribution in [0.4, 0.5) is 4.79 Å². The summed E-state index contributed by atoms with van der Waals surface area (Å²) in [6.45, 7) is 0.586. The van der Waals surface area contributed by atoms with Crippen LogP contribution < -0.4 is 20.1 Å². The maximum absolute atomic E-state index is 11.8. The Morgan fingerprint density at radius 1 is 0.875 bits per heavy atom. The number of nitrogens with one attached hydrogen (secondary N) is 2. The third-order valence-electron chi connectivity index (χ3n) is 3.39. The average Bonchev–Trinajstić information content (AvgIpc) is 2.60. The zero-order valence-corrected chi connectivity index (χ0v) is 13.5. The van der Waals surface area contributed by atoms with Crippen molar-refractivity contribution in [2.24, 2.45) is 0 Å². The molecule has 2 amide bonds. The van der Waals surface area contributed by atoms with Gasteiger partial charge in [0.2, 0.25) is 0 Å². The Bertz CT molecular complexity index is 659. The molecule has 0 aliphatic carbocycles. The van der Waals surface area contributed by atoms with Crippen molar-refractivity contribution < 1.29 is 24.5 Å². The zero-order valence-electron chi connectivity index (χ0n) is 13.5. The second-order valence-electron chi connectivity index (χ2n) is 5.05. The molecule has 0 unspecified atom stereocenters. The van der Waals surface area contributed by atoms with Gasteiger partial charge in [-0.15, -0.1) is 0 Å². The summed E-state index contributed by atoms with van der Waals surface area (Å²) in [5, 5.41) is 24.5. The molecule has 0 aliphatic rings. The first-order chi connectivity index (χ1) is 11.5. The second-order valence-corrected chi connectivity index (χ2v) is 5.05. The molecule has 7 nitrogen and oxygen atoms in total. The lowest BCUT2D eigenvalue weighted by Gasteiger charge is -2.10. The number of carbonyl (C=O) groups is 1. The number of phenolic OH excluding ortho intramolecular Hbond substituents is 2. The number of ether oxygens (including phenoxy) is 2. The number of rotatable bonds is 6. The Kier molecular flexibility index (Phi) is 5.73. The van der Waals surface area contributed by atoms with Crippen molar-refractivity contribution in [1.82, 2.24) is 10.6 Å². The Labute approximate surface area is 139 Å². The summed E-state index contributed by atoms with van der Waals surface area (Å²) < 4.78 is 10.0. The van der Waals surface area contributed by atoms with Gasteiger partial charge in [0.1, 0.15) is 0 Å². The third-order valence-corrected chi connectivity index (χ3v) is 3.39. The van der Waals surface area contributed by atoms with Gasteiger partial charge in [-0.25, -0.2) is 4.79 Å². The number of hydrogen-bond acceptors (Lipinski definition) is 5. The van der Waals surface area contributed by atoms with Crippen LogP contribution in [0.5, 0.6) is 23.0 Å². The number of carbonyl (C=O) groups excluding carboxylic acids is 1. The van der Waals surface area contributed by atoms with Crippen LogP contribution in [-0.4, -0.2) is 30.5 Å². The molecule has 0 aliphatic heterocycles. The normalized spacial score (nSPS) is 10.1. The van der Waals surface area contributed by atoms with Crippen LogP contribution in [0.1, 0.15) is 11.1 Å². The van der Waals surface area contributed by atoms with Crippen molar-refractivity contribution in [2.75, 3.05) is 14.2 Å². The molecule has 2 aromatic carbocycles. The standard InChI is InChI=1S/C17H20N2O5/c1-23-15-7-11(3-5-13(15)20)9-18-17(22)19-10-12-4-6-14(21)16(8-12)24-2/h3-8,20-21H,9-10H2,1-2H3,(H2,18,19,22). The van der Waals surface area contributed by atoms with Crippen LogP contribution in [0.2, 0.25) is 0 Å². The Hall–Kier alpha value is -3.09. The lowest BCUT2D eigenvalue weighted by molar-refractivity contribution is 0.240. The summed E-state index contributed by atoms with van der Waals surface area (Å²) in [6, 6.07) is 9.38. The van der Waals surface area contributed by atoms with E-state index in [4.69, 9.17) is 9.47 Å². The summed E-state index contributed by atoms with van der Waals surface area (Å²) >= 11 is 0. The monoisotopic (exact) mass is 332 g/mol. The molecule has 7 heteroatoms. The summed E-state index contributed by atoms with van der Waals surface area (Å²) in [5.41, 5.74) is 1.59. The van der Waals surface area contributed by atoms with Gasteiger partial charge < -0.3 is 30.3 Å². The number of urea groups is 1. The third kappa shape index (κ3) is 4.45. The van der Waals surface area contributed by atoms with Crippen molar-refractivity contribution in [3.05, 3.63) is 47.5 Å². The van der Waals surface area contributed by atoms with Crippen LogP contribution in [0.3, 0.4) is 0 Å². The van der Waals surface area contributed by atoms with E-state index in [0.29, 0.717) is 24.6 Å². The van der Waals surface area contributed by atoms with E-state index >= 15 is 0 Å². The molecule has 0 saturated carbocycles. The molecule has 0 saturated heterocycles. The number of amides is 2. The SMILES string of the molecule is COc1cc(CNC(=O)NCc2ccc(O)c(OC)c2)ccc1O. The van der Waals surface area contributed by atoms with E-state index in [1.54, 1.807) is 24.3 Å². The maximum atomic E-state index is 11.8. The van der Waals surface area contributed by atoms with Crippen molar-refractivity contribution in [1.29, 1.82) is 0 Å². The van der Waals surface area contributed by atoms with Gasteiger partial charge in [0, 0.05) is 13.1 Å². The Morgan fingerprint density at radius 3 is 1.67 bits per heavy atom. The summed E-state index contributed by atoms with van der Waals surface area (Å²) in [6.07, 6.45) is 0. The Balaban J connectivity index is 1.85. The highest BCUT2D eigenvalue weighted by Gasteiger charge is 2.06. The molecule has 0 aromatic heterocycles. The maximum Gasteiger partial charge on any atom is 0.315 e. The molecule has 2 rings (SSSR count). The van der Waals surface area contributed by atoms with Crippen LogP contribution in [-0.2, 0) is 13.1 Å². The fraction of sp³-hybridized carbons (Fsp3) is 0.235. The highest BCUT2D eigenvalue weighted by molar-refractivity contribution is 5.73. The molecule has 0 heterocycles. The highest BCUT2D eigenvalue weighted by atomic mass is 16.5. The van der Waals surface area contributed by atoms with E-state index in [9.17, 15) is 15.0 Å². The first-order valence-corrected chi connectivity index (χ1v) is 7.27. The molecule has 0 bridgehead atoms. The van der Waals surface area contributed by atoms with Gasteiger partial charge in [0.15, 0.2) is 23.0 Å². The van der Waals surface area contributed by atoms with Crippen LogP contribution in [0.15, 0.2) is 36.4 Å². The van der Waals surface area contributed by atoms with Crippen molar-refractivity contribution in [2.45, 2.75) is 13.1 Å². The quantitative estimate of drug-likeness (QED) is 0.649. The molecule has 0 atom stereocenters. The van der Waals surface area contributed by atoms with Gasteiger partial charge in [0.05, 0.1) is 14.2 Å². The van der Waals surface area contributed by atoms with Gasteiger partial charge in [0.25, 0.3) is 0 Å². The van der Waals surface area contributed by atoms with E-state index < -0.39 is 0 Å². The smallest absolute Gasteiger partial charge is 0.315 e. The first-order valence-electron chi connectivity index (χ1n) is 7.27. The van der Waals surface area contributed by atoms with Crippen LogP contribution in [0, 0.1) is 0 Å². The van der Waals surface area contributed by atoms with E-state index in [1.807, 2.05) is 0 Å². The van der Waals surface area contributed by atoms with E-state index in [-0.39, 0.29) is 17.5 Å². The van der Waals surface area contributed by atoms with E-state index in [1.165, 1.54) is 26.4 Å². The molecule has 0 spiro atoms.